The summed E-state index contributed by atoms with van der Waals surface area (Å²) in [6, 6.07) is 8.35. The molecule has 0 radical (unpaired) electrons. The van der Waals surface area contributed by atoms with Crippen molar-refractivity contribution in [1.29, 1.82) is 0 Å². The molecule has 0 unspecified atom stereocenters. The number of hydrogen-bond acceptors (Lipinski definition) is 0. The second-order valence-corrected chi connectivity index (χ2v) is 5.18. The lowest BCUT2D eigenvalue weighted by Gasteiger charge is -2.08. The minimum Gasteiger partial charge on any atom is -0.206 e. The first-order valence-corrected chi connectivity index (χ1v) is 7.14. The van der Waals surface area contributed by atoms with Crippen LogP contribution in [0, 0.1) is 11.6 Å². The molecule has 0 fully saturated rings. The monoisotopic (exact) mass is 326 g/mol. The van der Waals surface area contributed by atoms with Crippen LogP contribution >= 0.6 is 0 Å². The minimum atomic E-state index is -4.51. The lowest BCUT2D eigenvalue weighted by Crippen LogP contribution is -2.00. The third-order valence-electron chi connectivity index (χ3n) is 3.34. The molecule has 2 aromatic rings. The Morgan fingerprint density at radius 1 is 0.957 bits per heavy atom. The number of benzene rings is 2. The summed E-state index contributed by atoms with van der Waals surface area (Å²) in [4.78, 5) is 0. The Morgan fingerprint density at radius 2 is 1.70 bits per heavy atom. The Hall–Kier alpha value is -2.17. The maximum Gasteiger partial charge on any atom is 0.409 e. The molecule has 2 rings (SSSR count). The molecule has 5 heteroatoms. The molecule has 0 aliphatic rings. The molecule has 0 spiro atoms. The molecule has 0 saturated carbocycles. The largest absolute Gasteiger partial charge is 0.409 e. The van der Waals surface area contributed by atoms with Gasteiger partial charge in [-0.1, -0.05) is 37.6 Å². The van der Waals surface area contributed by atoms with E-state index < -0.39 is 17.8 Å². The third-order valence-corrected chi connectivity index (χ3v) is 3.34. The number of rotatable bonds is 4. The van der Waals surface area contributed by atoms with Gasteiger partial charge in [-0.2, -0.15) is 13.2 Å². The van der Waals surface area contributed by atoms with Gasteiger partial charge in [0.25, 0.3) is 0 Å². The summed E-state index contributed by atoms with van der Waals surface area (Å²) in [7, 11) is 0. The van der Waals surface area contributed by atoms with Crippen LogP contribution in [0.3, 0.4) is 0 Å². The molecule has 0 aliphatic heterocycles. The van der Waals surface area contributed by atoms with Crippen LogP contribution < -0.4 is 0 Å². The van der Waals surface area contributed by atoms with E-state index in [-0.39, 0.29) is 22.8 Å². The highest BCUT2D eigenvalue weighted by molar-refractivity contribution is 5.67. The predicted octanol–water partition coefficient (Wildman–Crippen LogP) is 6.16. The van der Waals surface area contributed by atoms with Gasteiger partial charge in [0.15, 0.2) is 0 Å². The van der Waals surface area contributed by atoms with E-state index in [0.717, 1.165) is 24.5 Å². The van der Waals surface area contributed by atoms with E-state index in [1.54, 1.807) is 12.1 Å². The van der Waals surface area contributed by atoms with Gasteiger partial charge in [-0.25, -0.2) is 8.78 Å². The van der Waals surface area contributed by atoms with Crippen molar-refractivity contribution in [3.63, 3.8) is 0 Å². The molecule has 122 valence electrons. The highest BCUT2D eigenvalue weighted by atomic mass is 19.4. The van der Waals surface area contributed by atoms with Gasteiger partial charge in [0.05, 0.1) is 0 Å². The lowest BCUT2D eigenvalue weighted by atomic mass is 10.00. The maximum absolute atomic E-state index is 14.1. The van der Waals surface area contributed by atoms with E-state index in [0.29, 0.717) is 6.08 Å². The van der Waals surface area contributed by atoms with Gasteiger partial charge in [-0.15, -0.1) is 0 Å². The van der Waals surface area contributed by atoms with E-state index >= 15 is 0 Å². The highest BCUT2D eigenvalue weighted by Crippen LogP contribution is 2.27. The molecule has 0 heterocycles. The average Bonchev–Trinajstić information content (AvgIpc) is 2.45. The molecule has 23 heavy (non-hydrogen) atoms. The van der Waals surface area contributed by atoms with Crippen molar-refractivity contribution < 1.29 is 22.0 Å². The van der Waals surface area contributed by atoms with Gasteiger partial charge < -0.3 is 0 Å². The fraction of sp³-hybridized carbons (Fsp3) is 0.222. The summed E-state index contributed by atoms with van der Waals surface area (Å²) in [6.45, 7) is 1.98. The number of allylic oxidation sites excluding steroid dienone is 1. The molecule has 0 aromatic heterocycles. The lowest BCUT2D eigenvalue weighted by molar-refractivity contribution is -0.0790. The van der Waals surface area contributed by atoms with Gasteiger partial charge in [-0.05, 0) is 35.8 Å². The average molecular weight is 326 g/mol. The van der Waals surface area contributed by atoms with Crippen molar-refractivity contribution in [2.45, 2.75) is 25.9 Å². The molecular weight excluding hydrogens is 311 g/mol. The Labute approximate surface area is 131 Å². The molecule has 0 nitrogen and oxygen atoms in total. The van der Waals surface area contributed by atoms with Crippen molar-refractivity contribution in [1.82, 2.24) is 0 Å². The van der Waals surface area contributed by atoms with Crippen LogP contribution in [-0.4, -0.2) is 6.18 Å². The Kier molecular flexibility index (Phi) is 5.19. The van der Waals surface area contributed by atoms with Crippen LogP contribution in [-0.2, 0) is 6.42 Å². The van der Waals surface area contributed by atoms with Crippen LogP contribution in [0.15, 0.2) is 42.5 Å². The fourth-order valence-corrected chi connectivity index (χ4v) is 2.25. The molecule has 2 aromatic carbocycles. The van der Waals surface area contributed by atoms with Crippen LogP contribution in [0.2, 0.25) is 0 Å². The van der Waals surface area contributed by atoms with Gasteiger partial charge in [0.1, 0.15) is 11.6 Å². The SMILES string of the molecule is CCCc1ccc(-c2ccc(C=CC(F)(F)F)c(F)c2)c(F)c1. The summed E-state index contributed by atoms with van der Waals surface area (Å²) in [6.07, 6.45) is -2.27. The van der Waals surface area contributed by atoms with Gasteiger partial charge >= 0.3 is 6.18 Å². The van der Waals surface area contributed by atoms with Crippen molar-refractivity contribution in [3.05, 3.63) is 65.2 Å². The van der Waals surface area contributed by atoms with Crippen molar-refractivity contribution in [2.75, 3.05) is 0 Å². The Bertz CT molecular complexity index is 714. The molecule has 0 aliphatic carbocycles. The van der Waals surface area contributed by atoms with E-state index in [1.165, 1.54) is 18.2 Å². The van der Waals surface area contributed by atoms with Gasteiger partial charge in [-0.3, -0.25) is 0 Å². The first-order chi connectivity index (χ1) is 10.8. The van der Waals surface area contributed by atoms with Gasteiger partial charge in [0.2, 0.25) is 0 Å². The number of hydrogen-bond donors (Lipinski definition) is 0. The molecule has 0 bridgehead atoms. The fourth-order valence-electron chi connectivity index (χ4n) is 2.25. The summed E-state index contributed by atoms with van der Waals surface area (Å²) in [5.74, 6) is -1.31. The summed E-state index contributed by atoms with van der Waals surface area (Å²) in [5, 5.41) is 0. The van der Waals surface area contributed by atoms with Crippen molar-refractivity contribution >= 4 is 6.08 Å². The minimum absolute atomic E-state index is 0.0365. The second kappa shape index (κ2) is 6.94. The molecule has 0 saturated heterocycles. The normalized spacial score (nSPS) is 12.1. The molecule has 0 N–H and O–H groups in total. The summed E-state index contributed by atoms with van der Waals surface area (Å²) >= 11 is 0. The van der Waals surface area contributed by atoms with Crippen molar-refractivity contribution in [2.24, 2.45) is 0 Å². The van der Waals surface area contributed by atoms with Crippen LogP contribution in [0.5, 0.6) is 0 Å². The van der Waals surface area contributed by atoms with E-state index in [9.17, 15) is 22.0 Å². The zero-order valence-corrected chi connectivity index (χ0v) is 12.4. The molecule has 0 amide bonds. The van der Waals surface area contributed by atoms with Gasteiger partial charge in [0, 0.05) is 17.2 Å². The predicted molar refractivity (Wildman–Crippen MR) is 80.9 cm³/mol. The molecule has 0 atom stereocenters. The third kappa shape index (κ3) is 4.65. The van der Waals surface area contributed by atoms with Crippen LogP contribution in [0.1, 0.15) is 24.5 Å². The first-order valence-electron chi connectivity index (χ1n) is 7.14. The summed E-state index contributed by atoms with van der Waals surface area (Å²) < 4.78 is 64.3. The number of aryl methyl sites for hydroxylation is 1. The Morgan fingerprint density at radius 3 is 2.26 bits per heavy atom. The van der Waals surface area contributed by atoms with E-state index in [4.69, 9.17) is 0 Å². The zero-order valence-electron chi connectivity index (χ0n) is 12.4. The van der Waals surface area contributed by atoms with E-state index in [2.05, 4.69) is 0 Å². The maximum atomic E-state index is 14.1. The molecular formula is C18H15F5. The number of halogens is 5. The van der Waals surface area contributed by atoms with E-state index in [1.807, 2.05) is 6.92 Å². The zero-order chi connectivity index (χ0) is 17.0. The van der Waals surface area contributed by atoms with Crippen LogP contribution in [0.25, 0.3) is 17.2 Å². The first kappa shape index (κ1) is 17.2. The highest BCUT2D eigenvalue weighted by Gasteiger charge is 2.22. The van der Waals surface area contributed by atoms with Crippen molar-refractivity contribution in [3.8, 4) is 11.1 Å². The van der Waals surface area contributed by atoms with Crippen LogP contribution in [0.4, 0.5) is 22.0 Å². The Balaban J connectivity index is 2.32. The topological polar surface area (TPSA) is 0 Å². The smallest absolute Gasteiger partial charge is 0.206 e. The second-order valence-electron chi connectivity index (χ2n) is 5.18. The standard InChI is InChI=1S/C18H15F5/c1-2-3-12-4-7-15(17(20)10-12)14-6-5-13(16(19)11-14)8-9-18(21,22)23/h4-11H,2-3H2,1H3. The quantitative estimate of drug-likeness (QED) is 0.590. The summed E-state index contributed by atoms with van der Waals surface area (Å²) in [5.41, 5.74) is 1.15. The number of alkyl halides is 3.